The molecule has 0 radical (unpaired) electrons. The molecule has 1 heterocycles. The van der Waals surface area contributed by atoms with Gasteiger partial charge in [0.2, 0.25) is 0 Å². The second-order valence-corrected chi connectivity index (χ2v) is 4.37. The predicted molar refractivity (Wildman–Crippen MR) is 67.2 cm³/mol. The fourth-order valence-electron chi connectivity index (χ4n) is 1.82. The third-order valence-electron chi connectivity index (χ3n) is 2.92. The van der Waals surface area contributed by atoms with Gasteiger partial charge >= 0.3 is 0 Å². The van der Waals surface area contributed by atoms with Crippen LogP contribution in [-0.2, 0) is 6.54 Å². The van der Waals surface area contributed by atoms with Gasteiger partial charge in [-0.1, -0.05) is 17.7 Å². The van der Waals surface area contributed by atoms with Gasteiger partial charge in [-0.15, -0.1) is 0 Å². The Morgan fingerprint density at radius 2 is 2.00 bits per heavy atom. The summed E-state index contributed by atoms with van der Waals surface area (Å²) in [6.07, 6.45) is 1.71. The number of aromatic nitrogens is 2. The monoisotopic (exact) mass is 228 g/mol. The second-order valence-electron chi connectivity index (χ2n) is 4.37. The lowest BCUT2D eigenvalue weighted by molar-refractivity contribution is 0.0966. The van der Waals surface area contributed by atoms with Crippen molar-refractivity contribution in [1.29, 1.82) is 0 Å². The van der Waals surface area contributed by atoms with E-state index in [0.717, 1.165) is 22.4 Å². The number of hydrogen-bond acceptors (Lipinski definition) is 2. The zero-order valence-electron chi connectivity index (χ0n) is 10.4. The van der Waals surface area contributed by atoms with Crippen molar-refractivity contribution in [3.05, 3.63) is 52.8 Å². The number of Topliss-reactive ketones (excluding diaryl/α,β-unsaturated/α-hetero) is 1. The molecule has 3 nitrogen and oxygen atoms in total. The van der Waals surface area contributed by atoms with Crippen LogP contribution in [0.2, 0.25) is 0 Å². The molecule has 0 bridgehead atoms. The number of benzene rings is 1. The van der Waals surface area contributed by atoms with Crippen LogP contribution < -0.4 is 0 Å². The average Bonchev–Trinajstić information content (AvgIpc) is 2.68. The highest BCUT2D eigenvalue weighted by molar-refractivity contribution is 5.97. The van der Waals surface area contributed by atoms with E-state index in [1.807, 2.05) is 45.0 Å². The van der Waals surface area contributed by atoms with Crippen molar-refractivity contribution in [3.63, 3.8) is 0 Å². The molecular formula is C14H16N2O. The van der Waals surface area contributed by atoms with Crippen LogP contribution in [0, 0.1) is 20.8 Å². The van der Waals surface area contributed by atoms with E-state index in [4.69, 9.17) is 0 Å². The molecule has 0 N–H and O–H groups in total. The van der Waals surface area contributed by atoms with E-state index in [-0.39, 0.29) is 5.78 Å². The number of rotatable bonds is 3. The zero-order chi connectivity index (χ0) is 12.4. The normalized spacial score (nSPS) is 10.5. The molecule has 0 aliphatic carbocycles. The minimum atomic E-state index is 0.109. The van der Waals surface area contributed by atoms with Gasteiger partial charge in [-0.25, -0.2) is 0 Å². The predicted octanol–water partition coefficient (Wildman–Crippen LogP) is 2.69. The van der Waals surface area contributed by atoms with Gasteiger partial charge in [-0.2, -0.15) is 5.10 Å². The van der Waals surface area contributed by atoms with Crippen LogP contribution in [0.4, 0.5) is 0 Å². The fraction of sp³-hybridized carbons (Fsp3) is 0.286. The first kappa shape index (κ1) is 11.6. The molecule has 0 aliphatic rings. The number of carbonyl (C=O) groups excluding carboxylic acids is 1. The minimum absolute atomic E-state index is 0.109. The van der Waals surface area contributed by atoms with E-state index in [1.54, 1.807) is 10.9 Å². The molecule has 0 spiro atoms. The Hall–Kier alpha value is -1.90. The Kier molecular flexibility index (Phi) is 3.09. The fourth-order valence-corrected chi connectivity index (χ4v) is 1.82. The lowest BCUT2D eigenvalue weighted by atomic mass is 10.0. The van der Waals surface area contributed by atoms with Crippen molar-refractivity contribution in [3.8, 4) is 0 Å². The van der Waals surface area contributed by atoms with E-state index >= 15 is 0 Å². The van der Waals surface area contributed by atoms with E-state index in [0.29, 0.717) is 6.54 Å². The lowest BCUT2D eigenvalue weighted by Crippen LogP contribution is -2.14. The summed E-state index contributed by atoms with van der Waals surface area (Å²) in [6, 6.07) is 7.84. The SMILES string of the molecule is Cc1ccc(C)c(C(=O)Cn2nccc2C)c1. The molecule has 0 atom stereocenters. The van der Waals surface area contributed by atoms with Crippen LogP contribution in [0.1, 0.15) is 27.2 Å². The highest BCUT2D eigenvalue weighted by Crippen LogP contribution is 2.12. The molecule has 0 amide bonds. The third kappa shape index (κ3) is 2.44. The van der Waals surface area contributed by atoms with Crippen molar-refractivity contribution in [2.24, 2.45) is 0 Å². The molecular weight excluding hydrogens is 212 g/mol. The Morgan fingerprint density at radius 1 is 1.24 bits per heavy atom. The summed E-state index contributed by atoms with van der Waals surface area (Å²) in [5.41, 5.74) is 3.92. The summed E-state index contributed by atoms with van der Waals surface area (Å²) in [4.78, 5) is 12.2. The van der Waals surface area contributed by atoms with Crippen molar-refractivity contribution in [2.45, 2.75) is 27.3 Å². The zero-order valence-corrected chi connectivity index (χ0v) is 10.4. The molecule has 17 heavy (non-hydrogen) atoms. The Morgan fingerprint density at radius 3 is 2.65 bits per heavy atom. The minimum Gasteiger partial charge on any atom is -0.292 e. The van der Waals surface area contributed by atoms with Gasteiger partial charge in [0.25, 0.3) is 0 Å². The molecule has 0 saturated carbocycles. The molecule has 0 unspecified atom stereocenters. The lowest BCUT2D eigenvalue weighted by Gasteiger charge is -2.07. The van der Waals surface area contributed by atoms with Gasteiger partial charge in [-0.3, -0.25) is 9.48 Å². The molecule has 88 valence electrons. The number of carbonyl (C=O) groups is 1. The van der Waals surface area contributed by atoms with Crippen LogP contribution >= 0.6 is 0 Å². The Bertz CT molecular complexity index is 555. The maximum Gasteiger partial charge on any atom is 0.184 e. The number of nitrogens with zero attached hydrogens (tertiary/aromatic N) is 2. The van der Waals surface area contributed by atoms with Gasteiger partial charge in [0.1, 0.15) is 6.54 Å². The van der Waals surface area contributed by atoms with Crippen LogP contribution in [-0.4, -0.2) is 15.6 Å². The van der Waals surface area contributed by atoms with Crippen molar-refractivity contribution in [1.82, 2.24) is 9.78 Å². The Labute approximate surface area is 101 Å². The summed E-state index contributed by atoms with van der Waals surface area (Å²) in [5.74, 6) is 0.109. The van der Waals surface area contributed by atoms with Gasteiger partial charge in [0.05, 0.1) is 0 Å². The summed E-state index contributed by atoms with van der Waals surface area (Å²) >= 11 is 0. The third-order valence-corrected chi connectivity index (χ3v) is 2.92. The molecule has 0 fully saturated rings. The summed E-state index contributed by atoms with van der Waals surface area (Å²) in [6.45, 7) is 6.21. The van der Waals surface area contributed by atoms with Crippen LogP contribution in [0.3, 0.4) is 0 Å². The van der Waals surface area contributed by atoms with E-state index < -0.39 is 0 Å². The van der Waals surface area contributed by atoms with Crippen LogP contribution in [0.15, 0.2) is 30.5 Å². The molecule has 0 aliphatic heterocycles. The van der Waals surface area contributed by atoms with Crippen molar-refractivity contribution >= 4 is 5.78 Å². The molecule has 2 rings (SSSR count). The maximum atomic E-state index is 12.2. The van der Waals surface area contributed by atoms with Crippen molar-refractivity contribution < 1.29 is 4.79 Å². The van der Waals surface area contributed by atoms with Crippen LogP contribution in [0.5, 0.6) is 0 Å². The standard InChI is InChI=1S/C14H16N2O/c1-10-4-5-11(2)13(8-10)14(17)9-16-12(3)6-7-15-16/h4-8H,9H2,1-3H3. The highest BCUT2D eigenvalue weighted by atomic mass is 16.1. The van der Waals surface area contributed by atoms with Gasteiger partial charge in [-0.05, 0) is 38.5 Å². The number of aryl methyl sites for hydroxylation is 3. The molecule has 3 heteroatoms. The Balaban J connectivity index is 2.26. The van der Waals surface area contributed by atoms with Gasteiger partial charge in [0.15, 0.2) is 5.78 Å². The van der Waals surface area contributed by atoms with E-state index in [1.165, 1.54) is 0 Å². The second kappa shape index (κ2) is 4.53. The number of ketones is 1. The largest absolute Gasteiger partial charge is 0.292 e. The molecule has 0 saturated heterocycles. The smallest absolute Gasteiger partial charge is 0.184 e. The first-order chi connectivity index (χ1) is 8.08. The van der Waals surface area contributed by atoms with Crippen molar-refractivity contribution in [2.75, 3.05) is 0 Å². The maximum absolute atomic E-state index is 12.2. The van der Waals surface area contributed by atoms with Crippen LogP contribution in [0.25, 0.3) is 0 Å². The first-order valence-electron chi connectivity index (χ1n) is 5.67. The molecule has 1 aromatic heterocycles. The summed E-state index contributed by atoms with van der Waals surface area (Å²) in [5, 5.41) is 4.13. The topological polar surface area (TPSA) is 34.9 Å². The number of hydrogen-bond donors (Lipinski definition) is 0. The highest BCUT2D eigenvalue weighted by Gasteiger charge is 2.11. The molecule has 1 aromatic carbocycles. The van der Waals surface area contributed by atoms with E-state index in [9.17, 15) is 4.79 Å². The average molecular weight is 228 g/mol. The summed E-state index contributed by atoms with van der Waals surface area (Å²) in [7, 11) is 0. The van der Waals surface area contributed by atoms with E-state index in [2.05, 4.69) is 5.10 Å². The van der Waals surface area contributed by atoms with Gasteiger partial charge < -0.3 is 0 Å². The quantitative estimate of drug-likeness (QED) is 0.757. The molecule has 2 aromatic rings. The summed E-state index contributed by atoms with van der Waals surface area (Å²) < 4.78 is 1.73. The van der Waals surface area contributed by atoms with Gasteiger partial charge in [0, 0.05) is 17.5 Å². The first-order valence-corrected chi connectivity index (χ1v) is 5.67.